The molecule has 0 saturated carbocycles. The molecule has 0 unspecified atom stereocenters. The molecular weight excluding hydrogens is 554 g/mol. The number of hydrazone groups is 1. The first-order valence-electron chi connectivity index (χ1n) is 14.0. The van der Waals surface area contributed by atoms with Crippen LogP contribution in [0.5, 0.6) is 0 Å². The SMILES string of the molecule is CCN1C(=c2s/c(=C3/C(=O)N(c4ccccc4)N=C3Nc3ccccc3)n(-c3ccccc3)c2=O)C=Cc2ccccc21. The van der Waals surface area contributed by atoms with E-state index in [2.05, 4.69) is 29.3 Å². The van der Waals surface area contributed by atoms with E-state index in [9.17, 15) is 9.59 Å². The second-order valence-electron chi connectivity index (χ2n) is 10.0. The largest absolute Gasteiger partial charge is 0.340 e. The first-order chi connectivity index (χ1) is 21.1. The van der Waals surface area contributed by atoms with Gasteiger partial charge in [0.1, 0.15) is 14.8 Å². The number of carbonyl (C=O) groups excluding carboxylic acids is 1. The van der Waals surface area contributed by atoms with Gasteiger partial charge in [0.2, 0.25) is 0 Å². The van der Waals surface area contributed by atoms with Crippen LogP contribution < -0.4 is 30.0 Å². The van der Waals surface area contributed by atoms with Gasteiger partial charge in [-0.2, -0.15) is 5.01 Å². The van der Waals surface area contributed by atoms with Crippen LogP contribution in [0, 0.1) is 0 Å². The van der Waals surface area contributed by atoms with Crippen molar-refractivity contribution in [3.63, 3.8) is 0 Å². The highest BCUT2D eigenvalue weighted by Gasteiger charge is 2.34. The van der Waals surface area contributed by atoms with Gasteiger partial charge in [-0.15, -0.1) is 16.4 Å². The van der Waals surface area contributed by atoms with E-state index in [4.69, 9.17) is 5.10 Å². The Bertz CT molecular complexity index is 2080. The van der Waals surface area contributed by atoms with Gasteiger partial charge in [-0.1, -0.05) is 78.9 Å². The first kappa shape index (κ1) is 26.4. The molecule has 210 valence electrons. The molecule has 7 rings (SSSR count). The standard InChI is InChI=1S/C35H27N5O2S/c1-2-38-28-21-13-12-14-24(28)22-23-29(38)31-34(42)39(26-17-8-4-9-18-26)35(43-31)30-32(36-25-15-6-3-7-16-25)37-40(33(30)41)27-19-10-5-11-20-27/h3-23H,2H2,1H3,(H,36,37)/b31-29?,35-30+. The lowest BCUT2D eigenvalue weighted by molar-refractivity contribution is -0.112. The van der Waals surface area contributed by atoms with Crippen LogP contribution in [0.2, 0.25) is 0 Å². The minimum Gasteiger partial charge on any atom is -0.340 e. The number of nitrogens with zero attached hydrogens (tertiary/aromatic N) is 4. The van der Waals surface area contributed by atoms with Gasteiger partial charge < -0.3 is 10.2 Å². The molecule has 0 spiro atoms. The second-order valence-corrected chi connectivity index (χ2v) is 11.0. The Labute approximate surface area is 252 Å². The van der Waals surface area contributed by atoms with Crippen molar-refractivity contribution in [2.75, 3.05) is 21.8 Å². The Kier molecular flexibility index (Phi) is 6.81. The van der Waals surface area contributed by atoms with Crippen molar-refractivity contribution in [1.82, 2.24) is 4.57 Å². The highest BCUT2D eigenvalue weighted by atomic mass is 32.1. The number of thiazole rings is 1. The summed E-state index contributed by atoms with van der Waals surface area (Å²) >= 11 is 1.31. The number of fused-ring (bicyclic) bond motifs is 1. The minimum atomic E-state index is -0.316. The van der Waals surface area contributed by atoms with Crippen LogP contribution in [0.4, 0.5) is 17.1 Å². The Hall–Kier alpha value is -5.47. The molecular formula is C35H27N5O2S. The molecule has 1 aromatic heterocycles. The summed E-state index contributed by atoms with van der Waals surface area (Å²) in [5.74, 6) is 0.0587. The molecule has 0 saturated heterocycles. The van der Waals surface area contributed by atoms with E-state index < -0.39 is 0 Å². The van der Waals surface area contributed by atoms with Crippen molar-refractivity contribution >= 4 is 57.5 Å². The molecule has 3 heterocycles. The lowest BCUT2D eigenvalue weighted by Gasteiger charge is -2.28. The van der Waals surface area contributed by atoms with E-state index in [1.165, 1.54) is 16.3 Å². The van der Waals surface area contributed by atoms with Crippen molar-refractivity contribution in [2.24, 2.45) is 5.10 Å². The van der Waals surface area contributed by atoms with E-state index in [1.807, 2.05) is 115 Å². The molecule has 7 nitrogen and oxygen atoms in total. The molecule has 4 aromatic carbocycles. The smallest absolute Gasteiger partial charge is 0.285 e. The van der Waals surface area contributed by atoms with Crippen LogP contribution in [0.1, 0.15) is 12.5 Å². The average Bonchev–Trinajstić information content (AvgIpc) is 3.56. The van der Waals surface area contributed by atoms with Crippen LogP contribution in [0.15, 0.2) is 131 Å². The maximum absolute atomic E-state index is 14.4. The third kappa shape index (κ3) is 4.67. The number of benzene rings is 4. The average molecular weight is 582 g/mol. The van der Waals surface area contributed by atoms with Gasteiger partial charge in [-0.05, 0) is 61.0 Å². The maximum atomic E-state index is 14.4. The molecule has 0 fully saturated rings. The lowest BCUT2D eigenvalue weighted by atomic mass is 10.1. The Morgan fingerprint density at radius 1 is 0.744 bits per heavy atom. The van der Waals surface area contributed by atoms with Crippen LogP contribution >= 0.6 is 11.3 Å². The molecule has 1 amide bonds. The monoisotopic (exact) mass is 581 g/mol. The normalized spacial score (nSPS) is 16.8. The number of nitrogens with one attached hydrogen (secondary N) is 1. The lowest BCUT2D eigenvalue weighted by Crippen LogP contribution is -2.37. The third-order valence-electron chi connectivity index (χ3n) is 7.40. The molecule has 5 aromatic rings. The van der Waals surface area contributed by atoms with Gasteiger partial charge >= 0.3 is 0 Å². The number of para-hydroxylation sites is 4. The number of hydrogen-bond donors (Lipinski definition) is 1. The Morgan fingerprint density at radius 3 is 2.07 bits per heavy atom. The number of carbonyl (C=O) groups is 1. The number of amides is 1. The molecule has 0 bridgehead atoms. The topological polar surface area (TPSA) is 69.9 Å². The molecule has 2 aliphatic heterocycles. The fourth-order valence-corrected chi connectivity index (χ4v) is 6.62. The van der Waals surface area contributed by atoms with Crippen molar-refractivity contribution < 1.29 is 4.79 Å². The predicted octanol–water partition coefficient (Wildman–Crippen LogP) is 5.18. The summed E-state index contributed by atoms with van der Waals surface area (Å²) in [6.07, 6.45) is 4.03. The fraction of sp³-hybridized carbons (Fsp3) is 0.0571. The zero-order valence-corrected chi connectivity index (χ0v) is 24.2. The van der Waals surface area contributed by atoms with Gasteiger partial charge in [-0.25, -0.2) is 0 Å². The van der Waals surface area contributed by atoms with Crippen molar-refractivity contribution in [2.45, 2.75) is 6.92 Å². The van der Waals surface area contributed by atoms with Crippen LogP contribution in [0.3, 0.4) is 0 Å². The van der Waals surface area contributed by atoms with Gasteiger partial charge in [0.05, 0.1) is 17.1 Å². The van der Waals surface area contributed by atoms with Crippen LogP contribution in [0.25, 0.3) is 23.0 Å². The summed E-state index contributed by atoms with van der Waals surface area (Å²) in [6, 6.07) is 36.5. The van der Waals surface area contributed by atoms with E-state index in [0.29, 0.717) is 38.5 Å². The van der Waals surface area contributed by atoms with Crippen molar-refractivity contribution in [3.8, 4) is 5.69 Å². The maximum Gasteiger partial charge on any atom is 0.285 e. The number of anilines is 3. The van der Waals surface area contributed by atoms with Gasteiger partial charge in [-0.3, -0.25) is 14.2 Å². The number of likely N-dealkylation sites (N-methyl/N-ethyl adjacent to an activating group) is 1. The van der Waals surface area contributed by atoms with Gasteiger partial charge in [0.15, 0.2) is 5.84 Å². The van der Waals surface area contributed by atoms with Gasteiger partial charge in [0, 0.05) is 17.9 Å². The quantitative estimate of drug-likeness (QED) is 0.318. The number of hydrogen-bond acceptors (Lipinski definition) is 6. The van der Waals surface area contributed by atoms with E-state index >= 15 is 0 Å². The van der Waals surface area contributed by atoms with E-state index in [0.717, 1.165) is 22.6 Å². The highest BCUT2D eigenvalue weighted by molar-refractivity contribution is 7.08. The minimum absolute atomic E-state index is 0.193. The zero-order chi connectivity index (χ0) is 29.3. The number of aromatic nitrogens is 1. The zero-order valence-electron chi connectivity index (χ0n) is 23.3. The van der Waals surface area contributed by atoms with Gasteiger partial charge in [0.25, 0.3) is 11.5 Å². The number of amidine groups is 1. The molecule has 0 radical (unpaired) electrons. The molecule has 0 atom stereocenters. The fourth-order valence-electron chi connectivity index (χ4n) is 5.40. The van der Waals surface area contributed by atoms with E-state index in [-0.39, 0.29) is 11.5 Å². The highest BCUT2D eigenvalue weighted by Crippen LogP contribution is 2.31. The molecule has 43 heavy (non-hydrogen) atoms. The first-order valence-corrected chi connectivity index (χ1v) is 14.9. The predicted molar refractivity (Wildman–Crippen MR) is 176 cm³/mol. The summed E-state index contributed by atoms with van der Waals surface area (Å²) in [5, 5.41) is 9.49. The molecule has 2 aliphatic rings. The summed E-state index contributed by atoms with van der Waals surface area (Å²) in [4.78, 5) is 30.9. The number of rotatable bonds is 4. The molecule has 0 aliphatic carbocycles. The van der Waals surface area contributed by atoms with Crippen LogP contribution in [-0.4, -0.2) is 22.9 Å². The Balaban J connectivity index is 1.54. The Morgan fingerprint density at radius 2 is 1.37 bits per heavy atom. The van der Waals surface area contributed by atoms with Crippen molar-refractivity contribution in [3.05, 3.63) is 146 Å². The third-order valence-corrected chi connectivity index (χ3v) is 8.56. The molecule has 1 N–H and O–H groups in total. The van der Waals surface area contributed by atoms with Crippen molar-refractivity contribution in [1.29, 1.82) is 0 Å². The summed E-state index contributed by atoms with van der Waals surface area (Å²) in [7, 11) is 0. The summed E-state index contributed by atoms with van der Waals surface area (Å²) < 4.78 is 2.69. The van der Waals surface area contributed by atoms with Crippen LogP contribution in [-0.2, 0) is 4.79 Å². The second kappa shape index (κ2) is 11.1. The molecule has 8 heteroatoms. The van der Waals surface area contributed by atoms with E-state index in [1.54, 1.807) is 4.57 Å². The summed E-state index contributed by atoms with van der Waals surface area (Å²) in [5.41, 5.74) is 5.15. The summed E-state index contributed by atoms with van der Waals surface area (Å²) in [6.45, 7) is 2.75.